The van der Waals surface area contributed by atoms with Gasteiger partial charge in [-0.2, -0.15) is 0 Å². The van der Waals surface area contributed by atoms with Crippen LogP contribution in [0.3, 0.4) is 0 Å². The molecule has 2 atom stereocenters. The maximum absolute atomic E-state index is 13.4. The molecular weight excluding hydrogens is 374 g/mol. The minimum Gasteiger partial charge on any atom is -0.345 e. The fourth-order valence-electron chi connectivity index (χ4n) is 3.26. The third-order valence-corrected chi connectivity index (χ3v) is 6.34. The fourth-order valence-corrected chi connectivity index (χ4v) is 4.82. The maximum Gasteiger partial charge on any atom is 0.272 e. The van der Waals surface area contributed by atoms with Crippen molar-refractivity contribution in [3.8, 4) is 0 Å². The van der Waals surface area contributed by atoms with Crippen molar-refractivity contribution < 1.29 is 17.8 Å². The lowest BCUT2D eigenvalue weighted by Crippen LogP contribution is -2.33. The van der Waals surface area contributed by atoms with Gasteiger partial charge in [-0.25, -0.2) is 22.5 Å². The highest BCUT2D eigenvalue weighted by Crippen LogP contribution is 2.37. The molecule has 1 fully saturated rings. The monoisotopic (exact) mass is 392 g/mol. The molecule has 2 aromatic rings. The van der Waals surface area contributed by atoms with Crippen molar-refractivity contribution in [2.45, 2.75) is 23.8 Å². The van der Waals surface area contributed by atoms with Gasteiger partial charge in [-0.1, -0.05) is 12.2 Å². The van der Waals surface area contributed by atoms with Crippen LogP contribution in [0, 0.1) is 22.3 Å². The van der Waals surface area contributed by atoms with E-state index in [9.17, 15) is 17.8 Å². The van der Waals surface area contributed by atoms with Crippen LogP contribution < -0.4 is 10.0 Å². The zero-order chi connectivity index (χ0) is 19.3. The lowest BCUT2D eigenvalue weighted by atomic mass is 10.1. The third-order valence-electron chi connectivity index (χ3n) is 4.79. The fraction of sp³-hybridized carbons (Fsp3) is 0.278. The Kier molecular flexibility index (Phi) is 4.15. The summed E-state index contributed by atoms with van der Waals surface area (Å²) in [6.45, 7) is 0. The van der Waals surface area contributed by atoms with E-state index < -0.39 is 27.5 Å². The Hall–Kier alpha value is -2.52. The largest absolute Gasteiger partial charge is 0.345 e. The minimum atomic E-state index is -3.28. The van der Waals surface area contributed by atoms with Gasteiger partial charge in [0.05, 0.1) is 4.90 Å². The van der Waals surface area contributed by atoms with Crippen molar-refractivity contribution in [2.75, 3.05) is 5.32 Å². The number of fused-ring (bicyclic) bond motifs is 1. The summed E-state index contributed by atoms with van der Waals surface area (Å²) in [5.41, 5.74) is 0.699. The molecule has 27 heavy (non-hydrogen) atoms. The molecule has 0 saturated heterocycles. The highest BCUT2D eigenvalue weighted by molar-refractivity contribution is 7.90. The van der Waals surface area contributed by atoms with Crippen molar-refractivity contribution in [1.82, 2.24) is 9.29 Å². The molecule has 0 bridgehead atoms. The standard InChI is InChI=1S/C18H18F2N4O2S/c1-24-9-16-12(5-7-15(10-2-3-10)23-27(16,21)26)17(24)18(25)22-11-4-6-13(19)14(20)8-11/h4-10,15H,2-3H2,1H3,(H,22,25)(H2,21,23,26)/t15-,27?/m1/s1. The molecule has 1 aromatic carbocycles. The van der Waals surface area contributed by atoms with E-state index in [4.69, 9.17) is 4.78 Å². The van der Waals surface area contributed by atoms with Crippen LogP contribution in [0.15, 0.2) is 35.4 Å². The number of carbonyl (C=O) groups excluding carboxylic acids is 1. The van der Waals surface area contributed by atoms with E-state index in [0.717, 1.165) is 25.0 Å². The van der Waals surface area contributed by atoms with Gasteiger partial charge in [0.1, 0.15) is 15.6 Å². The van der Waals surface area contributed by atoms with Gasteiger partial charge in [-0.05, 0) is 30.9 Å². The Balaban J connectivity index is 1.72. The van der Waals surface area contributed by atoms with Crippen molar-refractivity contribution in [3.63, 3.8) is 0 Å². The van der Waals surface area contributed by atoms with Crippen LogP contribution in [0.4, 0.5) is 14.5 Å². The number of nitrogens with zero attached hydrogens (tertiary/aromatic N) is 1. The molecule has 1 saturated carbocycles. The summed E-state index contributed by atoms with van der Waals surface area (Å²) in [5.74, 6) is -2.28. The number of halogens is 2. The third kappa shape index (κ3) is 3.28. The molecule has 0 radical (unpaired) electrons. The maximum atomic E-state index is 13.4. The van der Waals surface area contributed by atoms with Crippen LogP contribution in [0.25, 0.3) is 6.08 Å². The molecule has 0 spiro atoms. The lowest BCUT2D eigenvalue weighted by Gasteiger charge is -2.14. The molecule has 3 N–H and O–H groups in total. The van der Waals surface area contributed by atoms with Gasteiger partial charge in [-0.15, -0.1) is 0 Å². The number of hydrogen-bond donors (Lipinski definition) is 3. The number of nitrogens with one attached hydrogen (secondary N) is 3. The quantitative estimate of drug-likeness (QED) is 0.749. The van der Waals surface area contributed by atoms with Crippen molar-refractivity contribution in [2.24, 2.45) is 13.0 Å². The molecule has 1 aliphatic carbocycles. The van der Waals surface area contributed by atoms with Gasteiger partial charge in [0, 0.05) is 36.6 Å². The summed E-state index contributed by atoms with van der Waals surface area (Å²) < 4.78 is 52.0. The Morgan fingerprint density at radius 2 is 2.07 bits per heavy atom. The molecule has 4 rings (SSSR count). The topological polar surface area (TPSA) is 87.0 Å². The first kappa shape index (κ1) is 17.9. The first-order valence-electron chi connectivity index (χ1n) is 8.46. The molecule has 1 amide bonds. The Labute approximate surface area is 155 Å². The number of aryl methyl sites for hydroxylation is 1. The summed E-state index contributed by atoms with van der Waals surface area (Å²) in [4.78, 5) is 13.0. The number of aromatic nitrogens is 1. The summed E-state index contributed by atoms with van der Waals surface area (Å²) in [7, 11) is -1.67. The van der Waals surface area contributed by atoms with Crippen molar-refractivity contribution >= 4 is 27.6 Å². The van der Waals surface area contributed by atoms with E-state index in [2.05, 4.69) is 10.0 Å². The number of anilines is 1. The van der Waals surface area contributed by atoms with Crippen LogP contribution in [-0.4, -0.2) is 20.7 Å². The number of amides is 1. The van der Waals surface area contributed by atoms with Gasteiger partial charge < -0.3 is 9.88 Å². The number of rotatable bonds is 3. The molecule has 1 unspecified atom stereocenters. The summed E-state index contributed by atoms with van der Waals surface area (Å²) in [6.07, 6.45) is 7.08. The van der Waals surface area contributed by atoms with E-state index in [1.165, 1.54) is 16.8 Å². The molecular formula is C18H18F2N4O2S. The number of hydrogen-bond acceptors (Lipinski definition) is 3. The number of benzene rings is 1. The second-order valence-electron chi connectivity index (χ2n) is 6.85. The lowest BCUT2D eigenvalue weighted by molar-refractivity contribution is 0.101. The summed E-state index contributed by atoms with van der Waals surface area (Å²) in [6, 6.07) is 2.90. The van der Waals surface area contributed by atoms with Gasteiger partial charge >= 0.3 is 0 Å². The molecule has 6 nitrogen and oxygen atoms in total. The van der Waals surface area contributed by atoms with Gasteiger partial charge in [-0.3, -0.25) is 4.79 Å². The highest BCUT2D eigenvalue weighted by Gasteiger charge is 2.35. The van der Waals surface area contributed by atoms with Crippen molar-refractivity contribution in [1.29, 1.82) is 4.78 Å². The number of carbonyl (C=O) groups is 1. The van der Waals surface area contributed by atoms with Gasteiger partial charge in [0.25, 0.3) is 5.91 Å². The van der Waals surface area contributed by atoms with E-state index in [0.29, 0.717) is 11.5 Å². The van der Waals surface area contributed by atoms with Crippen LogP contribution in [-0.2, 0) is 17.0 Å². The van der Waals surface area contributed by atoms with E-state index in [1.807, 2.05) is 6.08 Å². The minimum absolute atomic E-state index is 0.104. The van der Waals surface area contributed by atoms with Crippen LogP contribution in [0.5, 0.6) is 0 Å². The molecule has 1 aliphatic heterocycles. The SMILES string of the molecule is Cn1cc2c(c1C(=O)Nc1ccc(F)c(F)c1)C=C[C@H](C1CC1)NS2(=N)=O. The summed E-state index contributed by atoms with van der Waals surface area (Å²) >= 11 is 0. The average Bonchev–Trinajstić information content (AvgIpc) is 3.38. The molecule has 9 heteroatoms. The van der Waals surface area contributed by atoms with E-state index in [1.54, 1.807) is 13.1 Å². The molecule has 2 aliphatic rings. The molecule has 142 valence electrons. The summed E-state index contributed by atoms with van der Waals surface area (Å²) in [5, 5.41) is 2.52. The first-order chi connectivity index (χ1) is 12.8. The normalized spacial score (nSPS) is 24.3. The molecule has 2 heterocycles. The average molecular weight is 392 g/mol. The van der Waals surface area contributed by atoms with Gasteiger partial charge in [0.2, 0.25) is 0 Å². The zero-order valence-electron chi connectivity index (χ0n) is 14.5. The van der Waals surface area contributed by atoms with Crippen LogP contribution in [0.1, 0.15) is 28.9 Å². The van der Waals surface area contributed by atoms with E-state index >= 15 is 0 Å². The Bertz CT molecular complexity index is 1070. The predicted octanol–water partition coefficient (Wildman–Crippen LogP) is 3.27. The Morgan fingerprint density at radius 3 is 2.74 bits per heavy atom. The Morgan fingerprint density at radius 1 is 1.33 bits per heavy atom. The zero-order valence-corrected chi connectivity index (χ0v) is 15.3. The van der Waals surface area contributed by atoms with Crippen LogP contribution in [0.2, 0.25) is 0 Å². The first-order valence-corrected chi connectivity index (χ1v) is 10.0. The predicted molar refractivity (Wildman–Crippen MR) is 97.5 cm³/mol. The van der Waals surface area contributed by atoms with Gasteiger partial charge in [0.15, 0.2) is 11.6 Å². The van der Waals surface area contributed by atoms with Crippen LogP contribution >= 0.6 is 0 Å². The molecule has 1 aromatic heterocycles. The van der Waals surface area contributed by atoms with E-state index in [-0.39, 0.29) is 22.3 Å². The smallest absolute Gasteiger partial charge is 0.272 e. The second-order valence-corrected chi connectivity index (χ2v) is 8.63. The second kappa shape index (κ2) is 6.28. The highest BCUT2D eigenvalue weighted by atomic mass is 32.2. The van der Waals surface area contributed by atoms with Crippen molar-refractivity contribution in [3.05, 3.63) is 53.4 Å².